The van der Waals surface area contributed by atoms with Crippen LogP contribution in [-0.4, -0.2) is 18.6 Å². The van der Waals surface area contributed by atoms with Crippen LogP contribution in [0.5, 0.6) is 5.75 Å². The van der Waals surface area contributed by atoms with Crippen LogP contribution in [0.2, 0.25) is 0 Å². The molecule has 0 spiro atoms. The number of carbonyl (C=O) groups excluding carboxylic acids is 1. The summed E-state index contributed by atoms with van der Waals surface area (Å²) in [4.78, 5) is 11.8. The van der Waals surface area contributed by atoms with Gasteiger partial charge in [-0.15, -0.1) is 0 Å². The molecular weight excluding hydrogens is 226 g/mol. The molecule has 98 valence electrons. The van der Waals surface area contributed by atoms with E-state index < -0.39 is 0 Å². The first-order chi connectivity index (χ1) is 8.30. The quantitative estimate of drug-likeness (QED) is 0.872. The summed E-state index contributed by atoms with van der Waals surface area (Å²) in [6.45, 7) is 8.32. The first kappa shape index (κ1) is 12.9. The predicted octanol–water partition coefficient (Wildman–Crippen LogP) is 2.56. The van der Waals surface area contributed by atoms with Gasteiger partial charge in [0.05, 0.1) is 7.11 Å². The third-order valence-electron chi connectivity index (χ3n) is 4.29. The molecule has 1 aliphatic heterocycles. The van der Waals surface area contributed by atoms with Crippen molar-refractivity contribution in [2.24, 2.45) is 0 Å². The Balaban J connectivity index is 2.60. The van der Waals surface area contributed by atoms with Crippen molar-refractivity contribution in [3.8, 4) is 5.75 Å². The molecule has 1 aromatic rings. The Morgan fingerprint density at radius 3 is 2.44 bits per heavy atom. The van der Waals surface area contributed by atoms with E-state index in [1.165, 1.54) is 5.56 Å². The Hall–Kier alpha value is -1.51. The van der Waals surface area contributed by atoms with Gasteiger partial charge in [0, 0.05) is 22.9 Å². The molecule has 1 aromatic carbocycles. The molecule has 2 rings (SSSR count). The van der Waals surface area contributed by atoms with Crippen LogP contribution in [0.15, 0.2) is 18.2 Å². The maximum atomic E-state index is 11.8. The molecule has 1 N–H and O–H groups in total. The number of ether oxygens (including phenoxy) is 1. The van der Waals surface area contributed by atoms with Crippen molar-refractivity contribution in [2.45, 2.75) is 45.1 Å². The average molecular weight is 247 g/mol. The number of hydrogen-bond donors (Lipinski definition) is 1. The summed E-state index contributed by atoms with van der Waals surface area (Å²) in [6.07, 6.45) is 0.500. The van der Waals surface area contributed by atoms with Crippen molar-refractivity contribution in [3.05, 3.63) is 29.3 Å². The predicted molar refractivity (Wildman–Crippen MR) is 71.9 cm³/mol. The van der Waals surface area contributed by atoms with E-state index in [9.17, 15) is 4.79 Å². The van der Waals surface area contributed by atoms with Gasteiger partial charge in [-0.3, -0.25) is 4.79 Å². The van der Waals surface area contributed by atoms with Crippen LogP contribution in [-0.2, 0) is 10.2 Å². The second-order valence-electron chi connectivity index (χ2n) is 5.89. The SMILES string of the molecule is COc1ccc(C)cc1C1(C)CC(=O)NC1(C)C. The maximum Gasteiger partial charge on any atom is 0.221 e. The molecule has 18 heavy (non-hydrogen) atoms. The van der Waals surface area contributed by atoms with Gasteiger partial charge < -0.3 is 10.1 Å². The number of methoxy groups -OCH3 is 1. The van der Waals surface area contributed by atoms with Gasteiger partial charge in [0.2, 0.25) is 5.91 Å². The molecule has 1 aliphatic rings. The zero-order chi connectivity index (χ0) is 13.6. The number of hydrogen-bond acceptors (Lipinski definition) is 2. The van der Waals surface area contributed by atoms with E-state index >= 15 is 0 Å². The third kappa shape index (κ3) is 1.78. The monoisotopic (exact) mass is 247 g/mol. The minimum Gasteiger partial charge on any atom is -0.496 e. The fourth-order valence-corrected chi connectivity index (χ4v) is 2.76. The van der Waals surface area contributed by atoms with E-state index in [1.807, 2.05) is 12.1 Å². The Bertz CT molecular complexity index is 493. The smallest absolute Gasteiger partial charge is 0.221 e. The van der Waals surface area contributed by atoms with Crippen LogP contribution in [0, 0.1) is 6.92 Å². The van der Waals surface area contributed by atoms with E-state index in [-0.39, 0.29) is 16.9 Å². The van der Waals surface area contributed by atoms with Gasteiger partial charge in [0.25, 0.3) is 0 Å². The molecule has 3 heteroatoms. The van der Waals surface area contributed by atoms with Crippen molar-refractivity contribution in [1.82, 2.24) is 5.32 Å². The number of benzene rings is 1. The molecule has 0 radical (unpaired) electrons. The molecule has 1 amide bonds. The zero-order valence-electron chi connectivity index (χ0n) is 11.8. The van der Waals surface area contributed by atoms with Gasteiger partial charge in [0.1, 0.15) is 5.75 Å². The van der Waals surface area contributed by atoms with Crippen molar-refractivity contribution in [3.63, 3.8) is 0 Å². The van der Waals surface area contributed by atoms with Crippen LogP contribution in [0.25, 0.3) is 0 Å². The summed E-state index contributed by atoms with van der Waals surface area (Å²) in [5.74, 6) is 0.957. The Kier molecular flexibility index (Phi) is 2.88. The minimum atomic E-state index is -0.273. The van der Waals surface area contributed by atoms with Crippen LogP contribution in [0.4, 0.5) is 0 Å². The molecule has 0 saturated carbocycles. The fraction of sp³-hybridized carbons (Fsp3) is 0.533. The summed E-state index contributed by atoms with van der Waals surface area (Å²) in [5, 5.41) is 3.06. The molecule has 1 saturated heterocycles. The van der Waals surface area contributed by atoms with E-state index in [1.54, 1.807) is 7.11 Å². The number of rotatable bonds is 2. The Labute approximate surface area is 109 Å². The molecule has 0 aromatic heterocycles. The number of nitrogens with one attached hydrogen (secondary N) is 1. The fourth-order valence-electron chi connectivity index (χ4n) is 2.76. The van der Waals surface area contributed by atoms with Crippen LogP contribution in [0.3, 0.4) is 0 Å². The topological polar surface area (TPSA) is 38.3 Å². The first-order valence-corrected chi connectivity index (χ1v) is 6.26. The first-order valence-electron chi connectivity index (χ1n) is 6.26. The second kappa shape index (κ2) is 4.01. The van der Waals surface area contributed by atoms with Crippen molar-refractivity contribution >= 4 is 5.91 Å². The third-order valence-corrected chi connectivity index (χ3v) is 4.29. The lowest BCUT2D eigenvalue weighted by Crippen LogP contribution is -2.48. The van der Waals surface area contributed by atoms with E-state index in [2.05, 4.69) is 39.1 Å². The highest BCUT2D eigenvalue weighted by Gasteiger charge is 2.51. The Morgan fingerprint density at radius 2 is 1.94 bits per heavy atom. The number of aryl methyl sites for hydroxylation is 1. The largest absolute Gasteiger partial charge is 0.496 e. The minimum absolute atomic E-state index is 0.103. The van der Waals surface area contributed by atoms with Crippen molar-refractivity contribution in [2.75, 3.05) is 7.11 Å². The maximum absolute atomic E-state index is 11.8. The van der Waals surface area contributed by atoms with E-state index in [0.717, 1.165) is 11.3 Å². The highest BCUT2D eigenvalue weighted by molar-refractivity contribution is 5.82. The molecule has 1 atom stereocenters. The van der Waals surface area contributed by atoms with Gasteiger partial charge in [0.15, 0.2) is 0 Å². The summed E-state index contributed by atoms with van der Waals surface area (Å²) < 4.78 is 5.47. The van der Waals surface area contributed by atoms with Gasteiger partial charge >= 0.3 is 0 Å². The number of carbonyl (C=O) groups is 1. The van der Waals surface area contributed by atoms with Crippen molar-refractivity contribution in [1.29, 1.82) is 0 Å². The molecule has 0 aliphatic carbocycles. The molecule has 0 bridgehead atoms. The average Bonchev–Trinajstić information content (AvgIpc) is 2.48. The highest BCUT2D eigenvalue weighted by Crippen LogP contribution is 2.46. The molecule has 3 nitrogen and oxygen atoms in total. The second-order valence-corrected chi connectivity index (χ2v) is 5.89. The van der Waals surface area contributed by atoms with Crippen LogP contribution in [0.1, 0.15) is 38.3 Å². The van der Waals surface area contributed by atoms with Crippen molar-refractivity contribution < 1.29 is 9.53 Å². The zero-order valence-corrected chi connectivity index (χ0v) is 11.8. The molecular formula is C15H21NO2. The number of amides is 1. The normalized spacial score (nSPS) is 25.9. The summed E-state index contributed by atoms with van der Waals surface area (Å²) >= 11 is 0. The van der Waals surface area contributed by atoms with E-state index in [4.69, 9.17) is 4.74 Å². The van der Waals surface area contributed by atoms with Crippen LogP contribution < -0.4 is 10.1 Å². The summed E-state index contributed by atoms with van der Waals surface area (Å²) in [6, 6.07) is 6.14. The lowest BCUT2D eigenvalue weighted by molar-refractivity contribution is -0.119. The standard InChI is InChI=1S/C15H21NO2/c1-10-6-7-12(18-5)11(8-10)15(4)9-13(17)16-14(15,2)3/h6-8H,9H2,1-5H3,(H,16,17). The lowest BCUT2D eigenvalue weighted by atomic mass is 9.68. The van der Waals surface area contributed by atoms with Gasteiger partial charge in [-0.05, 0) is 26.8 Å². The Morgan fingerprint density at radius 1 is 1.28 bits per heavy atom. The molecule has 1 heterocycles. The van der Waals surface area contributed by atoms with Gasteiger partial charge in [-0.2, -0.15) is 0 Å². The lowest BCUT2D eigenvalue weighted by Gasteiger charge is -2.38. The van der Waals surface area contributed by atoms with E-state index in [0.29, 0.717) is 6.42 Å². The summed E-state index contributed by atoms with van der Waals surface area (Å²) in [5.41, 5.74) is 1.77. The van der Waals surface area contributed by atoms with Crippen LogP contribution >= 0.6 is 0 Å². The van der Waals surface area contributed by atoms with Gasteiger partial charge in [-0.1, -0.05) is 24.6 Å². The summed E-state index contributed by atoms with van der Waals surface area (Å²) in [7, 11) is 1.68. The highest BCUT2D eigenvalue weighted by atomic mass is 16.5. The molecule has 1 fully saturated rings. The molecule has 1 unspecified atom stereocenters. The van der Waals surface area contributed by atoms with Gasteiger partial charge in [-0.25, -0.2) is 0 Å².